The number of hydrazone groups is 1. The molecule has 1 N–H and O–H groups in total. The summed E-state index contributed by atoms with van der Waals surface area (Å²) in [7, 11) is 1.60. The molecule has 0 saturated carbocycles. The highest BCUT2D eigenvalue weighted by Gasteiger charge is 2.31. The molecular weight excluding hydrogens is 330 g/mol. The van der Waals surface area contributed by atoms with Crippen LogP contribution in [0.4, 0.5) is 0 Å². The van der Waals surface area contributed by atoms with Gasteiger partial charge in [-0.15, -0.1) is 0 Å². The molecule has 6 nitrogen and oxygen atoms in total. The fourth-order valence-electron chi connectivity index (χ4n) is 2.95. The Balaban J connectivity index is 1.50. The van der Waals surface area contributed by atoms with Crippen LogP contribution in [0.1, 0.15) is 23.5 Å². The monoisotopic (exact) mass is 351 g/mol. The SMILES string of the molecule is COc1ccc(/C=N\NC(=O)CN2C[C@H](c3ccccc3)CC2=O)cc1. The first-order valence-electron chi connectivity index (χ1n) is 8.44. The molecule has 2 amide bonds. The lowest BCUT2D eigenvalue weighted by Crippen LogP contribution is -2.36. The highest BCUT2D eigenvalue weighted by molar-refractivity contribution is 5.87. The van der Waals surface area contributed by atoms with Gasteiger partial charge in [0.1, 0.15) is 12.3 Å². The van der Waals surface area contributed by atoms with Crippen LogP contribution in [0.25, 0.3) is 0 Å². The number of benzene rings is 2. The summed E-state index contributed by atoms with van der Waals surface area (Å²) < 4.78 is 5.09. The number of ether oxygens (including phenoxy) is 1. The topological polar surface area (TPSA) is 71.0 Å². The Morgan fingerprint density at radius 1 is 1.23 bits per heavy atom. The minimum absolute atomic E-state index is 0.00635. The fraction of sp³-hybridized carbons (Fsp3) is 0.250. The molecule has 3 rings (SSSR count). The summed E-state index contributed by atoms with van der Waals surface area (Å²) in [6, 6.07) is 17.2. The zero-order chi connectivity index (χ0) is 18.4. The predicted octanol–water partition coefficient (Wildman–Crippen LogP) is 2.16. The molecule has 1 aliphatic heterocycles. The van der Waals surface area contributed by atoms with Crippen LogP contribution in [-0.2, 0) is 9.59 Å². The summed E-state index contributed by atoms with van der Waals surface area (Å²) in [4.78, 5) is 25.8. The van der Waals surface area contributed by atoms with Crippen molar-refractivity contribution in [3.63, 3.8) is 0 Å². The third kappa shape index (κ3) is 4.47. The van der Waals surface area contributed by atoms with E-state index in [0.717, 1.165) is 16.9 Å². The molecule has 1 saturated heterocycles. The van der Waals surface area contributed by atoms with Gasteiger partial charge in [-0.05, 0) is 35.4 Å². The van der Waals surface area contributed by atoms with E-state index in [1.165, 1.54) is 0 Å². The van der Waals surface area contributed by atoms with E-state index >= 15 is 0 Å². The van der Waals surface area contributed by atoms with Crippen molar-refractivity contribution in [2.75, 3.05) is 20.2 Å². The quantitative estimate of drug-likeness (QED) is 0.640. The van der Waals surface area contributed by atoms with Crippen LogP contribution >= 0.6 is 0 Å². The first kappa shape index (κ1) is 17.7. The second kappa shape index (κ2) is 8.29. The molecule has 134 valence electrons. The van der Waals surface area contributed by atoms with Crippen LogP contribution in [0.2, 0.25) is 0 Å². The molecule has 1 atom stereocenters. The molecule has 1 fully saturated rings. The molecule has 0 radical (unpaired) electrons. The average Bonchev–Trinajstić information content (AvgIpc) is 3.03. The number of amides is 2. The van der Waals surface area contributed by atoms with E-state index in [1.807, 2.05) is 54.6 Å². The van der Waals surface area contributed by atoms with Crippen LogP contribution in [0.3, 0.4) is 0 Å². The number of hydrogen-bond donors (Lipinski definition) is 1. The molecule has 2 aromatic rings. The minimum atomic E-state index is -0.308. The van der Waals surface area contributed by atoms with Gasteiger partial charge in [-0.3, -0.25) is 9.59 Å². The second-order valence-electron chi connectivity index (χ2n) is 6.15. The first-order chi connectivity index (χ1) is 12.7. The molecule has 1 aliphatic rings. The number of carbonyl (C=O) groups excluding carboxylic acids is 2. The standard InChI is InChI=1S/C20H21N3O3/c1-26-18-9-7-15(8-10-18)12-21-22-19(24)14-23-13-17(11-20(23)25)16-5-3-2-4-6-16/h2-10,12,17H,11,13-14H2,1H3,(H,22,24)/b21-12-/t17-/m1/s1. The lowest BCUT2D eigenvalue weighted by Gasteiger charge is -2.15. The number of nitrogens with zero attached hydrogens (tertiary/aromatic N) is 2. The number of methoxy groups -OCH3 is 1. The molecule has 26 heavy (non-hydrogen) atoms. The number of hydrogen-bond acceptors (Lipinski definition) is 4. The van der Waals surface area contributed by atoms with Crippen molar-refractivity contribution < 1.29 is 14.3 Å². The van der Waals surface area contributed by atoms with Crippen LogP contribution in [0.5, 0.6) is 5.75 Å². The van der Waals surface area contributed by atoms with Gasteiger partial charge in [0, 0.05) is 18.9 Å². The van der Waals surface area contributed by atoms with Crippen molar-refractivity contribution in [1.82, 2.24) is 10.3 Å². The van der Waals surface area contributed by atoms with Crippen LogP contribution in [-0.4, -0.2) is 43.1 Å². The maximum atomic E-state index is 12.1. The molecule has 0 aliphatic carbocycles. The molecular formula is C20H21N3O3. The van der Waals surface area contributed by atoms with Gasteiger partial charge in [0.2, 0.25) is 5.91 Å². The van der Waals surface area contributed by atoms with Crippen molar-refractivity contribution >= 4 is 18.0 Å². The zero-order valence-electron chi connectivity index (χ0n) is 14.6. The Labute approximate surface area is 152 Å². The Kier molecular flexibility index (Phi) is 5.63. The number of rotatable bonds is 6. The van der Waals surface area contributed by atoms with Gasteiger partial charge in [-0.2, -0.15) is 5.10 Å². The predicted molar refractivity (Wildman–Crippen MR) is 99.1 cm³/mol. The van der Waals surface area contributed by atoms with E-state index in [1.54, 1.807) is 18.2 Å². The van der Waals surface area contributed by atoms with Crippen LogP contribution in [0, 0.1) is 0 Å². The summed E-state index contributed by atoms with van der Waals surface area (Å²) in [5, 5.41) is 3.94. The highest BCUT2D eigenvalue weighted by atomic mass is 16.5. The second-order valence-corrected chi connectivity index (χ2v) is 6.15. The van der Waals surface area contributed by atoms with Gasteiger partial charge in [0.25, 0.3) is 5.91 Å². The van der Waals surface area contributed by atoms with Gasteiger partial charge < -0.3 is 9.64 Å². The van der Waals surface area contributed by atoms with Crippen LogP contribution in [0.15, 0.2) is 59.7 Å². The Bertz CT molecular complexity index is 788. The van der Waals surface area contributed by atoms with E-state index in [9.17, 15) is 9.59 Å². The molecule has 6 heteroatoms. The Morgan fingerprint density at radius 3 is 2.65 bits per heavy atom. The summed E-state index contributed by atoms with van der Waals surface area (Å²) in [5.74, 6) is 0.580. The van der Waals surface area contributed by atoms with E-state index < -0.39 is 0 Å². The third-order valence-electron chi connectivity index (χ3n) is 4.34. The lowest BCUT2D eigenvalue weighted by atomic mass is 9.99. The number of likely N-dealkylation sites (tertiary alicyclic amines) is 1. The molecule has 0 aromatic heterocycles. The van der Waals surface area contributed by atoms with Gasteiger partial charge in [0.15, 0.2) is 0 Å². The Morgan fingerprint density at radius 2 is 1.96 bits per heavy atom. The lowest BCUT2D eigenvalue weighted by molar-refractivity contribution is -0.133. The van der Waals surface area contributed by atoms with Crippen molar-refractivity contribution in [1.29, 1.82) is 0 Å². The first-order valence-corrected chi connectivity index (χ1v) is 8.44. The number of nitrogens with one attached hydrogen (secondary N) is 1. The smallest absolute Gasteiger partial charge is 0.259 e. The average molecular weight is 351 g/mol. The van der Waals surface area contributed by atoms with Gasteiger partial charge in [0.05, 0.1) is 13.3 Å². The third-order valence-corrected chi connectivity index (χ3v) is 4.34. The van der Waals surface area contributed by atoms with E-state index in [2.05, 4.69) is 10.5 Å². The molecule has 0 bridgehead atoms. The number of carbonyl (C=O) groups is 2. The van der Waals surface area contributed by atoms with E-state index in [4.69, 9.17) is 4.74 Å². The summed E-state index contributed by atoms with van der Waals surface area (Å²) in [6.45, 7) is 0.570. The fourth-order valence-corrected chi connectivity index (χ4v) is 2.95. The van der Waals surface area contributed by atoms with Gasteiger partial charge >= 0.3 is 0 Å². The Hall–Kier alpha value is -3.15. The van der Waals surface area contributed by atoms with Gasteiger partial charge in [-0.1, -0.05) is 30.3 Å². The zero-order valence-corrected chi connectivity index (χ0v) is 14.6. The maximum Gasteiger partial charge on any atom is 0.259 e. The maximum absolute atomic E-state index is 12.1. The minimum Gasteiger partial charge on any atom is -0.497 e. The van der Waals surface area contributed by atoms with Crippen molar-refractivity contribution in [3.8, 4) is 5.75 Å². The molecule has 1 heterocycles. The van der Waals surface area contributed by atoms with Crippen molar-refractivity contribution in [2.24, 2.45) is 5.10 Å². The van der Waals surface area contributed by atoms with Crippen molar-refractivity contribution in [2.45, 2.75) is 12.3 Å². The molecule has 0 spiro atoms. The highest BCUT2D eigenvalue weighted by Crippen LogP contribution is 2.27. The summed E-state index contributed by atoms with van der Waals surface area (Å²) in [6.07, 6.45) is 1.99. The van der Waals surface area contributed by atoms with E-state index in [-0.39, 0.29) is 24.3 Å². The normalized spacial score (nSPS) is 16.9. The summed E-state index contributed by atoms with van der Waals surface area (Å²) >= 11 is 0. The van der Waals surface area contributed by atoms with E-state index in [0.29, 0.717) is 13.0 Å². The van der Waals surface area contributed by atoms with Crippen LogP contribution < -0.4 is 10.2 Å². The molecule has 2 aromatic carbocycles. The largest absolute Gasteiger partial charge is 0.497 e. The molecule has 0 unspecified atom stereocenters. The summed E-state index contributed by atoms with van der Waals surface area (Å²) in [5.41, 5.74) is 4.43. The van der Waals surface area contributed by atoms with Crippen molar-refractivity contribution in [3.05, 3.63) is 65.7 Å². The van der Waals surface area contributed by atoms with Gasteiger partial charge in [-0.25, -0.2) is 5.43 Å².